The number of benzene rings is 1. The Kier molecular flexibility index (Phi) is 6.18. The molecule has 28 heavy (non-hydrogen) atoms. The lowest BCUT2D eigenvalue weighted by Gasteiger charge is -2.30. The minimum atomic E-state index is -0.312. The SMILES string of the molecule is COc1cc(NC(=O)c2cnc(N3CCCC(C)C3)nc2)cc(OC)c1OC. The fourth-order valence-corrected chi connectivity index (χ4v) is 3.33. The Balaban J connectivity index is 1.74. The number of aromatic nitrogens is 2. The molecule has 1 aromatic carbocycles. The third-order valence-corrected chi connectivity index (χ3v) is 4.76. The second-order valence-electron chi connectivity index (χ2n) is 6.83. The highest BCUT2D eigenvalue weighted by atomic mass is 16.5. The van der Waals surface area contributed by atoms with Crippen molar-refractivity contribution >= 4 is 17.5 Å². The van der Waals surface area contributed by atoms with Crippen LogP contribution in [0, 0.1) is 5.92 Å². The third kappa shape index (κ3) is 4.27. The summed E-state index contributed by atoms with van der Waals surface area (Å²) < 4.78 is 15.9. The summed E-state index contributed by atoms with van der Waals surface area (Å²) in [7, 11) is 4.58. The molecule has 0 radical (unpaired) electrons. The smallest absolute Gasteiger partial charge is 0.258 e. The summed E-state index contributed by atoms with van der Waals surface area (Å²) in [6.45, 7) is 4.11. The molecule has 150 valence electrons. The zero-order chi connectivity index (χ0) is 20.1. The number of amides is 1. The molecular formula is C20H26N4O4. The number of carbonyl (C=O) groups is 1. The quantitative estimate of drug-likeness (QED) is 0.817. The Hall–Kier alpha value is -3.03. The highest BCUT2D eigenvalue weighted by Gasteiger charge is 2.19. The van der Waals surface area contributed by atoms with Crippen LogP contribution in [0.15, 0.2) is 24.5 Å². The van der Waals surface area contributed by atoms with Crippen LogP contribution in [0.5, 0.6) is 17.2 Å². The van der Waals surface area contributed by atoms with Crippen LogP contribution in [-0.4, -0.2) is 50.3 Å². The molecule has 3 rings (SSSR count). The second-order valence-corrected chi connectivity index (χ2v) is 6.83. The summed E-state index contributed by atoms with van der Waals surface area (Å²) in [5.74, 6) is 2.36. The van der Waals surface area contributed by atoms with E-state index in [-0.39, 0.29) is 5.91 Å². The zero-order valence-electron chi connectivity index (χ0n) is 16.7. The summed E-state index contributed by atoms with van der Waals surface area (Å²) in [5.41, 5.74) is 0.899. The molecule has 1 N–H and O–H groups in total. The minimum Gasteiger partial charge on any atom is -0.493 e. The van der Waals surface area contributed by atoms with Crippen LogP contribution in [0.1, 0.15) is 30.1 Å². The highest BCUT2D eigenvalue weighted by molar-refractivity contribution is 6.04. The lowest BCUT2D eigenvalue weighted by Crippen LogP contribution is -2.35. The van der Waals surface area contributed by atoms with Gasteiger partial charge in [0.2, 0.25) is 11.7 Å². The molecule has 0 aliphatic carbocycles. The summed E-state index contributed by atoms with van der Waals surface area (Å²) in [4.78, 5) is 23.5. The predicted octanol–water partition coefficient (Wildman–Crippen LogP) is 2.99. The Labute approximate surface area is 164 Å². The molecule has 2 aromatic rings. The van der Waals surface area contributed by atoms with Gasteiger partial charge in [0.1, 0.15) is 0 Å². The number of methoxy groups -OCH3 is 3. The predicted molar refractivity (Wildman–Crippen MR) is 107 cm³/mol. The van der Waals surface area contributed by atoms with E-state index in [9.17, 15) is 4.79 Å². The molecule has 8 heteroatoms. The van der Waals surface area contributed by atoms with Crippen molar-refractivity contribution in [2.45, 2.75) is 19.8 Å². The van der Waals surface area contributed by atoms with E-state index in [1.54, 1.807) is 24.5 Å². The number of rotatable bonds is 6. The number of hydrogen-bond acceptors (Lipinski definition) is 7. The van der Waals surface area contributed by atoms with Gasteiger partial charge in [-0.3, -0.25) is 4.79 Å². The first-order valence-corrected chi connectivity index (χ1v) is 9.24. The Morgan fingerprint density at radius 3 is 2.29 bits per heavy atom. The molecule has 1 aliphatic rings. The average molecular weight is 386 g/mol. The first-order chi connectivity index (χ1) is 13.5. The number of piperidine rings is 1. The van der Waals surface area contributed by atoms with Crippen molar-refractivity contribution in [2.75, 3.05) is 44.6 Å². The maximum absolute atomic E-state index is 12.6. The zero-order valence-corrected chi connectivity index (χ0v) is 16.7. The maximum atomic E-state index is 12.6. The van der Waals surface area contributed by atoms with E-state index in [0.717, 1.165) is 19.5 Å². The number of carbonyl (C=O) groups excluding carboxylic acids is 1. The maximum Gasteiger partial charge on any atom is 0.258 e. The normalized spacial score (nSPS) is 16.4. The molecular weight excluding hydrogens is 360 g/mol. The first kappa shape index (κ1) is 19.7. The van der Waals surface area contributed by atoms with Crippen molar-refractivity contribution in [1.82, 2.24) is 9.97 Å². The van der Waals surface area contributed by atoms with Crippen molar-refractivity contribution in [3.63, 3.8) is 0 Å². The molecule has 0 spiro atoms. The van der Waals surface area contributed by atoms with Gasteiger partial charge in [0.15, 0.2) is 11.5 Å². The second kappa shape index (κ2) is 8.77. The third-order valence-electron chi connectivity index (χ3n) is 4.76. The molecule has 8 nitrogen and oxygen atoms in total. The van der Waals surface area contributed by atoms with Crippen LogP contribution in [-0.2, 0) is 0 Å². The number of hydrogen-bond donors (Lipinski definition) is 1. The number of nitrogens with one attached hydrogen (secondary N) is 1. The molecule has 2 heterocycles. The Morgan fingerprint density at radius 2 is 1.75 bits per heavy atom. The Bertz CT molecular complexity index is 800. The topological polar surface area (TPSA) is 85.8 Å². The summed E-state index contributed by atoms with van der Waals surface area (Å²) in [6.07, 6.45) is 5.46. The molecule has 1 aromatic heterocycles. The standard InChI is InChI=1S/C20H26N4O4/c1-13-6-5-7-24(12-13)20-21-10-14(11-22-20)19(25)23-15-8-16(26-2)18(28-4)17(9-15)27-3/h8-11,13H,5-7,12H2,1-4H3,(H,23,25). The first-order valence-electron chi connectivity index (χ1n) is 9.24. The molecule has 1 amide bonds. The average Bonchev–Trinajstić information content (AvgIpc) is 2.73. The van der Waals surface area contributed by atoms with E-state index in [4.69, 9.17) is 14.2 Å². The van der Waals surface area contributed by atoms with E-state index in [1.165, 1.54) is 27.8 Å². The largest absolute Gasteiger partial charge is 0.493 e. The minimum absolute atomic E-state index is 0.312. The Morgan fingerprint density at radius 1 is 1.11 bits per heavy atom. The molecule has 1 fully saturated rings. The molecule has 1 atom stereocenters. The van der Waals surface area contributed by atoms with Crippen molar-refractivity contribution in [3.8, 4) is 17.2 Å². The molecule has 0 bridgehead atoms. The van der Waals surface area contributed by atoms with Crippen LogP contribution in [0.25, 0.3) is 0 Å². The van der Waals surface area contributed by atoms with E-state index in [0.29, 0.717) is 40.4 Å². The molecule has 1 unspecified atom stereocenters. The monoisotopic (exact) mass is 386 g/mol. The molecule has 1 aliphatic heterocycles. The van der Waals surface area contributed by atoms with Gasteiger partial charge in [-0.05, 0) is 18.8 Å². The fraction of sp³-hybridized carbons (Fsp3) is 0.450. The van der Waals surface area contributed by atoms with Gasteiger partial charge in [-0.1, -0.05) is 6.92 Å². The molecule has 1 saturated heterocycles. The van der Waals surface area contributed by atoms with Crippen molar-refractivity contribution in [3.05, 3.63) is 30.1 Å². The van der Waals surface area contributed by atoms with E-state index in [1.807, 2.05) is 0 Å². The van der Waals surface area contributed by atoms with Crippen molar-refractivity contribution in [1.29, 1.82) is 0 Å². The lowest BCUT2D eigenvalue weighted by molar-refractivity contribution is 0.102. The van der Waals surface area contributed by atoms with E-state index < -0.39 is 0 Å². The van der Waals surface area contributed by atoms with Crippen LogP contribution < -0.4 is 24.4 Å². The summed E-state index contributed by atoms with van der Waals surface area (Å²) in [5, 5.41) is 2.82. The number of anilines is 2. The number of nitrogens with zero attached hydrogens (tertiary/aromatic N) is 3. The van der Waals surface area contributed by atoms with Gasteiger partial charge in [0.25, 0.3) is 5.91 Å². The van der Waals surface area contributed by atoms with Gasteiger partial charge < -0.3 is 24.4 Å². The van der Waals surface area contributed by atoms with Gasteiger partial charge in [0, 0.05) is 43.3 Å². The number of ether oxygens (including phenoxy) is 3. The van der Waals surface area contributed by atoms with Crippen LogP contribution in [0.2, 0.25) is 0 Å². The molecule has 0 saturated carbocycles. The van der Waals surface area contributed by atoms with Gasteiger partial charge >= 0.3 is 0 Å². The van der Waals surface area contributed by atoms with E-state index >= 15 is 0 Å². The van der Waals surface area contributed by atoms with Crippen LogP contribution in [0.4, 0.5) is 11.6 Å². The van der Waals surface area contributed by atoms with Crippen LogP contribution >= 0.6 is 0 Å². The highest BCUT2D eigenvalue weighted by Crippen LogP contribution is 2.40. The summed E-state index contributed by atoms with van der Waals surface area (Å²) in [6, 6.07) is 3.34. The summed E-state index contributed by atoms with van der Waals surface area (Å²) >= 11 is 0. The lowest BCUT2D eigenvalue weighted by atomic mass is 10.0. The van der Waals surface area contributed by atoms with Gasteiger partial charge in [-0.25, -0.2) is 9.97 Å². The van der Waals surface area contributed by atoms with Gasteiger partial charge in [0.05, 0.1) is 26.9 Å². The van der Waals surface area contributed by atoms with E-state index in [2.05, 4.69) is 27.1 Å². The van der Waals surface area contributed by atoms with Crippen molar-refractivity contribution in [2.24, 2.45) is 5.92 Å². The fourth-order valence-electron chi connectivity index (χ4n) is 3.33. The van der Waals surface area contributed by atoms with Gasteiger partial charge in [-0.2, -0.15) is 0 Å². The van der Waals surface area contributed by atoms with Crippen molar-refractivity contribution < 1.29 is 19.0 Å². The van der Waals surface area contributed by atoms with Gasteiger partial charge in [-0.15, -0.1) is 0 Å². The van der Waals surface area contributed by atoms with Crippen LogP contribution in [0.3, 0.4) is 0 Å².